The first-order valence-electron chi connectivity index (χ1n) is 9.74. The second kappa shape index (κ2) is 7.53. The fraction of sp³-hybridized carbons (Fsp3) is 0.450. The van der Waals surface area contributed by atoms with Gasteiger partial charge in [0.05, 0.1) is 17.4 Å². The molecule has 0 aliphatic carbocycles. The summed E-state index contributed by atoms with van der Waals surface area (Å²) in [7, 11) is 0. The van der Waals surface area contributed by atoms with Crippen LogP contribution in [0.25, 0.3) is 11.0 Å². The molecule has 4 heterocycles. The Morgan fingerprint density at radius 3 is 2.50 bits per heavy atom. The third-order valence-corrected chi connectivity index (χ3v) is 5.06. The van der Waals surface area contributed by atoms with Crippen LogP contribution in [-0.2, 0) is 12.8 Å². The number of pyridine rings is 1. The van der Waals surface area contributed by atoms with Crippen molar-refractivity contribution in [3.05, 3.63) is 53.4 Å². The summed E-state index contributed by atoms with van der Waals surface area (Å²) in [5.41, 5.74) is 4.10. The summed E-state index contributed by atoms with van der Waals surface area (Å²) in [6, 6.07) is 4.07. The Morgan fingerprint density at radius 2 is 1.75 bits per heavy atom. The fourth-order valence-corrected chi connectivity index (χ4v) is 3.29. The number of nitrogens with one attached hydrogen (secondary N) is 3. The van der Waals surface area contributed by atoms with E-state index in [1.165, 1.54) is 0 Å². The van der Waals surface area contributed by atoms with Crippen molar-refractivity contribution in [3.8, 4) is 0 Å². The maximum absolute atomic E-state index is 4.71. The van der Waals surface area contributed by atoms with Crippen LogP contribution in [0.2, 0.25) is 0 Å². The summed E-state index contributed by atoms with van der Waals surface area (Å²) in [4.78, 5) is 16.8. The van der Waals surface area contributed by atoms with Crippen molar-refractivity contribution in [2.75, 3.05) is 0 Å². The summed E-state index contributed by atoms with van der Waals surface area (Å²) >= 11 is 0. The molecule has 0 bridgehead atoms. The highest BCUT2D eigenvalue weighted by Gasteiger charge is 2.18. The number of H-pyrrole nitrogens is 3. The number of imidazole rings is 1. The zero-order valence-corrected chi connectivity index (χ0v) is 16.7. The lowest BCUT2D eigenvalue weighted by Gasteiger charge is -2.06. The molecule has 0 saturated heterocycles. The van der Waals surface area contributed by atoms with E-state index in [2.05, 4.69) is 69.1 Å². The highest BCUT2D eigenvalue weighted by atomic mass is 15.2. The van der Waals surface area contributed by atoms with E-state index in [1.807, 2.05) is 6.07 Å². The number of aromatic nitrogens is 8. The molecule has 0 aromatic carbocycles. The van der Waals surface area contributed by atoms with Gasteiger partial charge >= 0.3 is 0 Å². The Balaban J connectivity index is 1.41. The molecule has 4 aromatic rings. The van der Waals surface area contributed by atoms with Crippen molar-refractivity contribution < 1.29 is 0 Å². The average Bonchev–Trinajstić information content (AvgIpc) is 3.40. The third kappa shape index (κ3) is 3.81. The highest BCUT2D eigenvalue weighted by Crippen LogP contribution is 2.22. The van der Waals surface area contributed by atoms with Crippen LogP contribution in [0.1, 0.15) is 74.3 Å². The summed E-state index contributed by atoms with van der Waals surface area (Å²) < 4.78 is 0. The Hall–Kier alpha value is -3.03. The second-order valence-electron chi connectivity index (χ2n) is 7.83. The third-order valence-electron chi connectivity index (χ3n) is 5.06. The van der Waals surface area contributed by atoms with Gasteiger partial charge in [0.15, 0.2) is 5.82 Å². The van der Waals surface area contributed by atoms with Gasteiger partial charge in [-0.25, -0.2) is 9.97 Å². The molecule has 8 nitrogen and oxygen atoms in total. The van der Waals surface area contributed by atoms with E-state index in [9.17, 15) is 0 Å². The normalized spacial score (nSPS) is 14.0. The topological polar surface area (TPSA) is 112 Å². The number of hydrogen-bond acceptors (Lipinski definition) is 5. The summed E-state index contributed by atoms with van der Waals surface area (Å²) in [5.74, 6) is 3.48. The molecule has 3 N–H and O–H groups in total. The van der Waals surface area contributed by atoms with E-state index in [0.29, 0.717) is 5.92 Å². The van der Waals surface area contributed by atoms with Crippen molar-refractivity contribution in [2.24, 2.45) is 0 Å². The molecule has 8 heteroatoms. The SMILES string of the molecule is CC(C)c1cc(CC(C)c2nc(CC(C)c3nc4cnccc4[nH]3)n[nH]2)n[nH]1. The molecule has 0 saturated carbocycles. The fourth-order valence-electron chi connectivity index (χ4n) is 3.29. The number of nitrogens with zero attached hydrogens (tertiary/aromatic N) is 5. The number of fused-ring (bicyclic) bond motifs is 1. The van der Waals surface area contributed by atoms with Crippen LogP contribution < -0.4 is 0 Å². The first kappa shape index (κ1) is 18.3. The molecule has 2 atom stereocenters. The molecular formula is C20H26N8. The minimum atomic E-state index is 0.186. The molecule has 4 aromatic heterocycles. The molecule has 0 aliphatic rings. The Morgan fingerprint density at radius 1 is 0.929 bits per heavy atom. The van der Waals surface area contributed by atoms with E-state index in [0.717, 1.165) is 52.7 Å². The van der Waals surface area contributed by atoms with Gasteiger partial charge in [-0.1, -0.05) is 27.7 Å². The van der Waals surface area contributed by atoms with Crippen LogP contribution in [0.4, 0.5) is 0 Å². The Bertz CT molecular complexity index is 1020. The van der Waals surface area contributed by atoms with Gasteiger partial charge in [0.1, 0.15) is 17.2 Å². The molecule has 0 fully saturated rings. The lowest BCUT2D eigenvalue weighted by molar-refractivity contribution is 0.676. The molecule has 0 aliphatic heterocycles. The van der Waals surface area contributed by atoms with Crippen LogP contribution in [0.3, 0.4) is 0 Å². The van der Waals surface area contributed by atoms with Crippen molar-refractivity contribution in [1.82, 2.24) is 40.3 Å². The quantitative estimate of drug-likeness (QED) is 0.455. The Kier molecular flexibility index (Phi) is 4.93. The van der Waals surface area contributed by atoms with Gasteiger partial charge < -0.3 is 4.98 Å². The molecule has 0 radical (unpaired) electrons. The van der Waals surface area contributed by atoms with E-state index >= 15 is 0 Å². The largest absolute Gasteiger partial charge is 0.342 e. The summed E-state index contributed by atoms with van der Waals surface area (Å²) in [6.45, 7) is 8.58. The van der Waals surface area contributed by atoms with Crippen LogP contribution in [0, 0.1) is 0 Å². The van der Waals surface area contributed by atoms with Gasteiger partial charge in [-0.05, 0) is 18.1 Å². The summed E-state index contributed by atoms with van der Waals surface area (Å²) in [5, 5.41) is 15.0. The van der Waals surface area contributed by atoms with Gasteiger partial charge in [0, 0.05) is 36.6 Å². The molecule has 0 amide bonds. The van der Waals surface area contributed by atoms with Crippen molar-refractivity contribution in [1.29, 1.82) is 0 Å². The Labute approximate surface area is 163 Å². The van der Waals surface area contributed by atoms with Gasteiger partial charge in [-0.3, -0.25) is 15.2 Å². The zero-order valence-electron chi connectivity index (χ0n) is 16.7. The smallest absolute Gasteiger partial charge is 0.151 e. The van der Waals surface area contributed by atoms with Gasteiger partial charge in [0.2, 0.25) is 0 Å². The van der Waals surface area contributed by atoms with E-state index < -0.39 is 0 Å². The molecule has 28 heavy (non-hydrogen) atoms. The van der Waals surface area contributed by atoms with E-state index in [4.69, 9.17) is 4.98 Å². The lowest BCUT2D eigenvalue weighted by Crippen LogP contribution is -2.03. The number of hydrogen-bond donors (Lipinski definition) is 3. The van der Waals surface area contributed by atoms with Crippen molar-refractivity contribution in [3.63, 3.8) is 0 Å². The first-order valence-corrected chi connectivity index (χ1v) is 9.74. The van der Waals surface area contributed by atoms with Gasteiger partial charge in [-0.2, -0.15) is 10.2 Å². The van der Waals surface area contributed by atoms with Crippen molar-refractivity contribution >= 4 is 11.0 Å². The molecule has 146 valence electrons. The molecule has 4 rings (SSSR count). The van der Waals surface area contributed by atoms with Crippen LogP contribution in [-0.4, -0.2) is 40.3 Å². The van der Waals surface area contributed by atoms with Crippen LogP contribution in [0.15, 0.2) is 24.5 Å². The maximum Gasteiger partial charge on any atom is 0.151 e. The van der Waals surface area contributed by atoms with Gasteiger partial charge in [0.25, 0.3) is 0 Å². The van der Waals surface area contributed by atoms with E-state index in [1.54, 1.807) is 12.4 Å². The van der Waals surface area contributed by atoms with Crippen molar-refractivity contribution in [2.45, 2.75) is 58.3 Å². The minimum absolute atomic E-state index is 0.186. The highest BCUT2D eigenvalue weighted by molar-refractivity contribution is 5.73. The predicted molar refractivity (Wildman–Crippen MR) is 107 cm³/mol. The molecule has 0 spiro atoms. The minimum Gasteiger partial charge on any atom is -0.342 e. The second-order valence-corrected chi connectivity index (χ2v) is 7.83. The predicted octanol–water partition coefficient (Wildman–Crippen LogP) is 3.61. The average molecular weight is 378 g/mol. The van der Waals surface area contributed by atoms with Gasteiger partial charge in [-0.15, -0.1) is 0 Å². The standard InChI is InChI=1S/C20H26N8/c1-11(2)16-9-14(25-26-16)7-12(3)20-24-18(27-28-20)8-13(4)19-22-15-5-6-21-10-17(15)23-19/h5-6,9-13H,7-8H2,1-4H3,(H,22,23)(H,25,26)(H,24,27,28). The first-order chi connectivity index (χ1) is 13.5. The number of aromatic amines is 3. The summed E-state index contributed by atoms with van der Waals surface area (Å²) in [6.07, 6.45) is 5.08. The maximum atomic E-state index is 4.71. The monoisotopic (exact) mass is 378 g/mol. The number of rotatable bonds is 7. The lowest BCUT2D eigenvalue weighted by atomic mass is 10.0. The zero-order chi connectivity index (χ0) is 19.7. The molecule has 2 unspecified atom stereocenters. The molecular weight excluding hydrogens is 352 g/mol. The van der Waals surface area contributed by atoms with Crippen LogP contribution >= 0.6 is 0 Å². The van der Waals surface area contributed by atoms with Crippen LogP contribution in [0.5, 0.6) is 0 Å². The van der Waals surface area contributed by atoms with E-state index in [-0.39, 0.29) is 11.8 Å².